The molecule has 3 heterocycles. The van der Waals surface area contributed by atoms with E-state index in [2.05, 4.69) is 0 Å². The minimum Gasteiger partial charge on any atom is -0.467 e. The summed E-state index contributed by atoms with van der Waals surface area (Å²) in [5, 5.41) is 10.7. The van der Waals surface area contributed by atoms with Crippen LogP contribution in [0.25, 0.3) is 0 Å². The molecule has 2 atom stereocenters. The van der Waals surface area contributed by atoms with Crippen LogP contribution in [0.1, 0.15) is 18.4 Å². The number of aliphatic hydroxyl groups is 1. The predicted molar refractivity (Wildman–Crippen MR) is 62.7 cm³/mol. The maximum atomic E-state index is 11.7. The van der Waals surface area contributed by atoms with Crippen molar-refractivity contribution in [1.82, 2.24) is 0 Å². The number of ether oxygens (including phenoxy) is 1. The Morgan fingerprint density at radius 2 is 2.29 bits per heavy atom. The van der Waals surface area contributed by atoms with Crippen LogP contribution in [0, 0.1) is 0 Å². The first kappa shape index (κ1) is 10.6. The quantitative estimate of drug-likeness (QED) is 0.736. The molecule has 1 aromatic carbocycles. The van der Waals surface area contributed by atoms with Crippen LogP contribution in [0.3, 0.4) is 0 Å². The Labute approximate surface area is 99.8 Å². The van der Waals surface area contributed by atoms with Gasteiger partial charge in [0.2, 0.25) is 0 Å². The molecule has 1 N–H and O–H groups in total. The summed E-state index contributed by atoms with van der Waals surface area (Å²) in [6.07, 6.45) is 1.11. The van der Waals surface area contributed by atoms with Gasteiger partial charge in [-0.2, -0.15) is 0 Å². The highest BCUT2D eigenvalue weighted by atomic mass is 16.5. The second-order valence-corrected chi connectivity index (χ2v) is 4.74. The van der Waals surface area contributed by atoms with E-state index >= 15 is 0 Å². The van der Waals surface area contributed by atoms with Gasteiger partial charge in [0.1, 0.15) is 6.04 Å². The van der Waals surface area contributed by atoms with Gasteiger partial charge in [-0.3, -0.25) is 0 Å². The summed E-state index contributed by atoms with van der Waals surface area (Å²) in [5.74, 6) is -0.266. The smallest absolute Gasteiger partial charge is 0.328 e. The van der Waals surface area contributed by atoms with E-state index < -0.39 is 5.60 Å². The summed E-state index contributed by atoms with van der Waals surface area (Å²) in [7, 11) is 1.39. The molecule has 0 saturated carbocycles. The van der Waals surface area contributed by atoms with Crippen LogP contribution < -0.4 is 4.90 Å². The van der Waals surface area contributed by atoms with E-state index in [1.807, 2.05) is 29.2 Å². The van der Waals surface area contributed by atoms with E-state index in [0.29, 0.717) is 19.4 Å². The molecule has 1 aromatic rings. The van der Waals surface area contributed by atoms with Crippen molar-refractivity contribution in [3.05, 3.63) is 29.8 Å². The molecule has 0 aliphatic carbocycles. The summed E-state index contributed by atoms with van der Waals surface area (Å²) in [4.78, 5) is 13.8. The summed E-state index contributed by atoms with van der Waals surface area (Å²) < 4.78 is 4.81. The Balaban J connectivity index is 2.09. The number of esters is 1. The first-order chi connectivity index (χ1) is 8.15. The first-order valence-corrected chi connectivity index (χ1v) is 5.82. The number of fused-ring (bicyclic) bond motifs is 2. The van der Waals surface area contributed by atoms with Crippen LogP contribution in [0.2, 0.25) is 0 Å². The van der Waals surface area contributed by atoms with Crippen molar-refractivity contribution in [1.29, 1.82) is 0 Å². The predicted octanol–water partition coefficient (Wildman–Crippen LogP) is 1.03. The van der Waals surface area contributed by atoms with Gasteiger partial charge in [-0.15, -0.1) is 0 Å². The molecule has 2 bridgehead atoms. The number of rotatable bonds is 1. The number of piperidine rings is 1. The fourth-order valence-corrected chi connectivity index (χ4v) is 2.99. The summed E-state index contributed by atoms with van der Waals surface area (Å²) in [6, 6.07) is 7.39. The van der Waals surface area contributed by atoms with Crippen molar-refractivity contribution in [2.75, 3.05) is 18.6 Å². The maximum Gasteiger partial charge on any atom is 0.328 e. The molecule has 1 saturated heterocycles. The Bertz CT molecular complexity index is 473. The number of nitrogens with zero attached hydrogens (tertiary/aromatic N) is 1. The van der Waals surface area contributed by atoms with Gasteiger partial charge in [-0.05, 0) is 12.5 Å². The minimum absolute atomic E-state index is 0.266. The monoisotopic (exact) mass is 233 g/mol. The minimum atomic E-state index is -0.871. The highest BCUT2D eigenvalue weighted by molar-refractivity contribution is 5.83. The van der Waals surface area contributed by atoms with Crippen LogP contribution in [-0.4, -0.2) is 30.8 Å². The molecule has 3 aliphatic heterocycles. The Morgan fingerprint density at radius 1 is 1.53 bits per heavy atom. The molecule has 3 aliphatic rings. The van der Waals surface area contributed by atoms with E-state index in [9.17, 15) is 9.90 Å². The van der Waals surface area contributed by atoms with Crippen molar-refractivity contribution >= 4 is 11.7 Å². The van der Waals surface area contributed by atoms with E-state index in [4.69, 9.17) is 4.74 Å². The fourth-order valence-electron chi connectivity index (χ4n) is 2.99. The zero-order chi connectivity index (χ0) is 12.0. The third kappa shape index (κ3) is 1.37. The van der Waals surface area contributed by atoms with Crippen molar-refractivity contribution in [2.45, 2.75) is 24.5 Å². The zero-order valence-electron chi connectivity index (χ0n) is 9.72. The van der Waals surface area contributed by atoms with Crippen LogP contribution in [-0.2, 0) is 15.1 Å². The third-order valence-electron chi connectivity index (χ3n) is 3.86. The summed E-state index contributed by atoms with van der Waals surface area (Å²) in [6.45, 7) is 0.702. The molecular formula is C13H15NO3. The van der Waals surface area contributed by atoms with Gasteiger partial charge in [0, 0.05) is 24.2 Å². The molecule has 2 unspecified atom stereocenters. The van der Waals surface area contributed by atoms with Crippen LogP contribution in [0.5, 0.6) is 0 Å². The molecule has 1 fully saturated rings. The number of benzene rings is 1. The topological polar surface area (TPSA) is 49.8 Å². The lowest BCUT2D eigenvalue weighted by molar-refractivity contribution is -0.146. The number of para-hydroxylation sites is 1. The van der Waals surface area contributed by atoms with Gasteiger partial charge >= 0.3 is 5.97 Å². The van der Waals surface area contributed by atoms with E-state index in [1.54, 1.807) is 0 Å². The summed E-state index contributed by atoms with van der Waals surface area (Å²) >= 11 is 0. The molecule has 90 valence electrons. The lowest BCUT2D eigenvalue weighted by Gasteiger charge is -2.50. The molecule has 0 spiro atoms. The second-order valence-electron chi connectivity index (χ2n) is 4.74. The standard InChI is InChI=1S/C13H15NO3/c1-17-12(15)11-8-13(16)6-7-14(11)10-5-3-2-4-9(10)13/h2-5,11,16H,6-8H2,1H3. The SMILES string of the molecule is COC(=O)C1CC2(O)CCN1c1ccccc12. The lowest BCUT2D eigenvalue weighted by Crippen LogP contribution is -2.57. The average molecular weight is 233 g/mol. The maximum absolute atomic E-state index is 11.7. The lowest BCUT2D eigenvalue weighted by atomic mass is 9.75. The largest absolute Gasteiger partial charge is 0.467 e. The van der Waals surface area contributed by atoms with Crippen LogP contribution >= 0.6 is 0 Å². The summed E-state index contributed by atoms with van der Waals surface area (Å²) in [5.41, 5.74) is 1.03. The van der Waals surface area contributed by atoms with Crippen molar-refractivity contribution in [3.8, 4) is 0 Å². The van der Waals surface area contributed by atoms with Crippen molar-refractivity contribution < 1.29 is 14.6 Å². The molecule has 4 heteroatoms. The van der Waals surface area contributed by atoms with Crippen molar-refractivity contribution in [2.24, 2.45) is 0 Å². The van der Waals surface area contributed by atoms with E-state index in [-0.39, 0.29) is 12.0 Å². The van der Waals surface area contributed by atoms with Crippen LogP contribution in [0.4, 0.5) is 5.69 Å². The Morgan fingerprint density at radius 3 is 3.06 bits per heavy atom. The molecule has 4 nitrogen and oxygen atoms in total. The molecule has 0 amide bonds. The highest BCUT2D eigenvalue weighted by Gasteiger charge is 2.49. The molecule has 0 aromatic heterocycles. The van der Waals surface area contributed by atoms with Gasteiger partial charge in [0.25, 0.3) is 0 Å². The number of hydrogen-bond acceptors (Lipinski definition) is 4. The number of methoxy groups -OCH3 is 1. The van der Waals surface area contributed by atoms with E-state index in [0.717, 1.165) is 11.3 Å². The van der Waals surface area contributed by atoms with Crippen molar-refractivity contribution in [3.63, 3.8) is 0 Å². The fraction of sp³-hybridized carbons (Fsp3) is 0.462. The van der Waals surface area contributed by atoms with Gasteiger partial charge < -0.3 is 14.7 Å². The molecular weight excluding hydrogens is 218 g/mol. The second kappa shape index (κ2) is 3.47. The van der Waals surface area contributed by atoms with Gasteiger partial charge in [-0.25, -0.2) is 4.79 Å². The van der Waals surface area contributed by atoms with Crippen LogP contribution in [0.15, 0.2) is 24.3 Å². The van der Waals surface area contributed by atoms with E-state index in [1.165, 1.54) is 7.11 Å². The average Bonchev–Trinajstić information content (AvgIpc) is 2.38. The van der Waals surface area contributed by atoms with Gasteiger partial charge in [0.05, 0.1) is 12.7 Å². The molecule has 0 radical (unpaired) electrons. The van der Waals surface area contributed by atoms with Gasteiger partial charge in [-0.1, -0.05) is 18.2 Å². The Hall–Kier alpha value is -1.55. The first-order valence-electron chi connectivity index (χ1n) is 5.82. The number of carbonyl (C=O) groups is 1. The number of carbonyl (C=O) groups excluding carboxylic acids is 1. The number of hydrogen-bond donors (Lipinski definition) is 1. The number of anilines is 1. The molecule has 17 heavy (non-hydrogen) atoms. The normalized spacial score (nSPS) is 30.0. The zero-order valence-corrected chi connectivity index (χ0v) is 9.72. The molecule has 4 rings (SSSR count). The Kier molecular flexibility index (Phi) is 2.16. The van der Waals surface area contributed by atoms with Gasteiger partial charge in [0.15, 0.2) is 0 Å². The third-order valence-corrected chi connectivity index (χ3v) is 3.86. The highest BCUT2D eigenvalue weighted by Crippen LogP contribution is 2.47.